The Hall–Kier alpha value is -1.54. The average Bonchev–Trinajstić information content (AvgIpc) is 2.59. The maximum atomic E-state index is 9.24. The zero-order chi connectivity index (χ0) is 10.8. The predicted octanol–water partition coefficient (Wildman–Crippen LogP) is 3.22. The topological polar surface area (TPSA) is 33.4 Å². The number of rotatable bonds is 2. The Morgan fingerprint density at radius 3 is 2.80 bits per heavy atom. The summed E-state index contributed by atoms with van der Waals surface area (Å²) in [7, 11) is 0. The van der Waals surface area contributed by atoms with E-state index in [1.54, 1.807) is 13.0 Å². The van der Waals surface area contributed by atoms with E-state index in [1.807, 2.05) is 37.3 Å². The first-order valence-corrected chi connectivity index (χ1v) is 5.02. The molecule has 1 heterocycles. The Morgan fingerprint density at radius 1 is 1.40 bits per heavy atom. The van der Waals surface area contributed by atoms with Gasteiger partial charge in [-0.15, -0.1) is 0 Å². The van der Waals surface area contributed by atoms with Crippen LogP contribution in [0.1, 0.15) is 19.6 Å². The third-order valence-corrected chi connectivity index (χ3v) is 2.31. The second kappa shape index (κ2) is 3.91. The molecule has 0 bridgehead atoms. The monoisotopic (exact) mass is 202 g/mol. The van der Waals surface area contributed by atoms with Gasteiger partial charge in [-0.2, -0.15) is 0 Å². The van der Waals surface area contributed by atoms with Gasteiger partial charge in [0, 0.05) is 5.39 Å². The van der Waals surface area contributed by atoms with Gasteiger partial charge < -0.3 is 9.52 Å². The van der Waals surface area contributed by atoms with Crippen molar-refractivity contribution < 1.29 is 9.52 Å². The first-order chi connectivity index (χ1) is 7.16. The van der Waals surface area contributed by atoms with Crippen LogP contribution in [0.5, 0.6) is 0 Å². The Morgan fingerprint density at radius 2 is 2.13 bits per heavy atom. The lowest BCUT2D eigenvalue weighted by molar-refractivity contribution is 0.244. The number of aliphatic hydroxyl groups is 1. The molecule has 1 aromatic heterocycles. The fourth-order valence-electron chi connectivity index (χ4n) is 1.62. The van der Waals surface area contributed by atoms with Crippen molar-refractivity contribution in [2.24, 2.45) is 0 Å². The van der Waals surface area contributed by atoms with E-state index in [0.29, 0.717) is 0 Å². The van der Waals surface area contributed by atoms with Crippen LogP contribution >= 0.6 is 0 Å². The maximum Gasteiger partial charge on any atom is 0.134 e. The highest BCUT2D eigenvalue weighted by molar-refractivity contribution is 5.81. The molecule has 1 atom stereocenters. The molecule has 2 rings (SSSR count). The van der Waals surface area contributed by atoms with E-state index in [0.717, 1.165) is 22.3 Å². The Balaban J connectivity index is 2.45. The molecule has 0 spiro atoms. The van der Waals surface area contributed by atoms with E-state index < -0.39 is 6.10 Å². The lowest BCUT2D eigenvalue weighted by atomic mass is 10.1. The molecule has 0 saturated carbocycles. The van der Waals surface area contributed by atoms with Crippen LogP contribution in [0, 0.1) is 0 Å². The summed E-state index contributed by atoms with van der Waals surface area (Å²) in [6.45, 7) is 3.66. The molecular formula is C13H14O2. The standard InChI is InChI=1S/C13H14O2/c1-9(7-10(2)14)13-8-11-5-3-4-6-12(11)15-13/h3-8,10,14H,1-2H3/b9-7-. The highest BCUT2D eigenvalue weighted by Gasteiger charge is 2.04. The fourth-order valence-corrected chi connectivity index (χ4v) is 1.62. The molecule has 0 amide bonds. The molecule has 2 nitrogen and oxygen atoms in total. The summed E-state index contributed by atoms with van der Waals surface area (Å²) in [5.74, 6) is 0.817. The van der Waals surface area contributed by atoms with Gasteiger partial charge in [-0.05, 0) is 37.6 Å². The van der Waals surface area contributed by atoms with E-state index in [9.17, 15) is 5.11 Å². The molecule has 0 aliphatic carbocycles. The van der Waals surface area contributed by atoms with Gasteiger partial charge in [0.25, 0.3) is 0 Å². The predicted molar refractivity (Wildman–Crippen MR) is 61.5 cm³/mol. The number of aliphatic hydroxyl groups excluding tert-OH is 1. The van der Waals surface area contributed by atoms with Gasteiger partial charge >= 0.3 is 0 Å². The highest BCUT2D eigenvalue weighted by Crippen LogP contribution is 2.24. The van der Waals surface area contributed by atoms with Crippen molar-refractivity contribution in [3.8, 4) is 0 Å². The van der Waals surface area contributed by atoms with Crippen LogP contribution < -0.4 is 0 Å². The van der Waals surface area contributed by atoms with Gasteiger partial charge in [0.05, 0.1) is 6.10 Å². The normalized spacial score (nSPS) is 14.5. The van der Waals surface area contributed by atoms with E-state index in [2.05, 4.69) is 0 Å². The van der Waals surface area contributed by atoms with Crippen molar-refractivity contribution in [1.29, 1.82) is 0 Å². The minimum Gasteiger partial charge on any atom is -0.456 e. The van der Waals surface area contributed by atoms with Crippen LogP contribution in [0.3, 0.4) is 0 Å². The zero-order valence-electron chi connectivity index (χ0n) is 8.90. The number of allylic oxidation sites excluding steroid dienone is 1. The number of fused-ring (bicyclic) bond motifs is 1. The number of furan rings is 1. The third kappa shape index (κ3) is 2.10. The van der Waals surface area contributed by atoms with Gasteiger partial charge in [-0.3, -0.25) is 0 Å². The van der Waals surface area contributed by atoms with Crippen LogP contribution in [0.4, 0.5) is 0 Å². The lowest BCUT2D eigenvalue weighted by Gasteiger charge is -1.98. The van der Waals surface area contributed by atoms with Crippen molar-refractivity contribution >= 4 is 16.5 Å². The first kappa shape index (κ1) is 9.99. The van der Waals surface area contributed by atoms with Gasteiger partial charge in [0.1, 0.15) is 11.3 Å². The van der Waals surface area contributed by atoms with Gasteiger partial charge in [-0.25, -0.2) is 0 Å². The largest absolute Gasteiger partial charge is 0.456 e. The molecule has 0 radical (unpaired) electrons. The smallest absolute Gasteiger partial charge is 0.134 e. The van der Waals surface area contributed by atoms with Gasteiger partial charge in [0.2, 0.25) is 0 Å². The minimum absolute atomic E-state index is 0.446. The lowest BCUT2D eigenvalue weighted by Crippen LogP contribution is -1.93. The molecule has 15 heavy (non-hydrogen) atoms. The SMILES string of the molecule is C/C(=C/C(C)O)c1cc2ccccc2o1. The zero-order valence-corrected chi connectivity index (χ0v) is 8.90. The molecule has 78 valence electrons. The first-order valence-electron chi connectivity index (χ1n) is 5.02. The van der Waals surface area contributed by atoms with Crippen LogP contribution in [0.25, 0.3) is 16.5 Å². The van der Waals surface area contributed by atoms with E-state index in [4.69, 9.17) is 4.42 Å². The van der Waals surface area contributed by atoms with Gasteiger partial charge in [-0.1, -0.05) is 18.2 Å². The summed E-state index contributed by atoms with van der Waals surface area (Å²) in [4.78, 5) is 0. The summed E-state index contributed by atoms with van der Waals surface area (Å²) in [5.41, 5.74) is 1.84. The molecule has 0 fully saturated rings. The number of hydrogen-bond donors (Lipinski definition) is 1. The Bertz CT molecular complexity index is 459. The van der Waals surface area contributed by atoms with Crippen molar-refractivity contribution in [1.82, 2.24) is 0 Å². The van der Waals surface area contributed by atoms with E-state index in [-0.39, 0.29) is 0 Å². The number of benzene rings is 1. The molecule has 1 N–H and O–H groups in total. The minimum atomic E-state index is -0.446. The van der Waals surface area contributed by atoms with Crippen molar-refractivity contribution in [3.05, 3.63) is 42.2 Å². The molecule has 1 unspecified atom stereocenters. The Labute approximate surface area is 88.8 Å². The molecule has 0 aliphatic rings. The average molecular weight is 202 g/mol. The highest BCUT2D eigenvalue weighted by atomic mass is 16.3. The summed E-state index contributed by atoms with van der Waals surface area (Å²) in [6, 6.07) is 9.87. The van der Waals surface area contributed by atoms with Gasteiger partial charge in [0.15, 0.2) is 0 Å². The summed E-state index contributed by atoms with van der Waals surface area (Å²) >= 11 is 0. The quantitative estimate of drug-likeness (QED) is 0.811. The molecule has 2 aromatic rings. The molecule has 1 aromatic carbocycles. The second-order valence-corrected chi connectivity index (χ2v) is 3.74. The number of para-hydroxylation sites is 1. The third-order valence-electron chi connectivity index (χ3n) is 2.31. The number of hydrogen-bond acceptors (Lipinski definition) is 2. The fraction of sp³-hybridized carbons (Fsp3) is 0.231. The summed E-state index contributed by atoms with van der Waals surface area (Å²) in [5, 5.41) is 10.3. The molecule has 2 heteroatoms. The molecular weight excluding hydrogens is 188 g/mol. The van der Waals surface area contributed by atoms with E-state index in [1.165, 1.54) is 0 Å². The van der Waals surface area contributed by atoms with Crippen molar-refractivity contribution in [2.75, 3.05) is 0 Å². The van der Waals surface area contributed by atoms with Crippen LogP contribution in [0.15, 0.2) is 40.8 Å². The maximum absolute atomic E-state index is 9.24. The van der Waals surface area contributed by atoms with Crippen LogP contribution in [0.2, 0.25) is 0 Å². The van der Waals surface area contributed by atoms with Crippen LogP contribution in [-0.4, -0.2) is 11.2 Å². The molecule has 0 aliphatic heterocycles. The Kier molecular flexibility index (Phi) is 2.60. The summed E-state index contributed by atoms with van der Waals surface area (Å²) < 4.78 is 5.65. The van der Waals surface area contributed by atoms with Crippen molar-refractivity contribution in [2.45, 2.75) is 20.0 Å². The molecule has 0 saturated heterocycles. The van der Waals surface area contributed by atoms with Crippen LogP contribution in [-0.2, 0) is 0 Å². The van der Waals surface area contributed by atoms with E-state index >= 15 is 0 Å². The summed E-state index contributed by atoms with van der Waals surface area (Å²) in [6.07, 6.45) is 1.33. The van der Waals surface area contributed by atoms with Crippen molar-refractivity contribution in [3.63, 3.8) is 0 Å². The second-order valence-electron chi connectivity index (χ2n) is 3.74.